The smallest absolute Gasteiger partial charge is 0.274 e. The second kappa shape index (κ2) is 7.43. The van der Waals surface area contributed by atoms with E-state index in [0.717, 1.165) is 5.69 Å². The van der Waals surface area contributed by atoms with Gasteiger partial charge in [0.25, 0.3) is 5.91 Å². The van der Waals surface area contributed by atoms with Crippen molar-refractivity contribution in [2.75, 3.05) is 10.6 Å². The summed E-state index contributed by atoms with van der Waals surface area (Å²) < 4.78 is 0. The molecule has 0 saturated heterocycles. The second-order valence-electron chi connectivity index (χ2n) is 5.06. The number of rotatable bonds is 4. The first-order valence-electron chi connectivity index (χ1n) is 7.30. The van der Waals surface area contributed by atoms with Crippen LogP contribution in [-0.2, 0) is 0 Å². The van der Waals surface area contributed by atoms with Gasteiger partial charge < -0.3 is 10.6 Å². The van der Waals surface area contributed by atoms with Crippen LogP contribution in [0.1, 0.15) is 16.1 Å². The third kappa shape index (κ3) is 4.31. The predicted molar refractivity (Wildman–Crippen MR) is 95.9 cm³/mol. The van der Waals surface area contributed by atoms with Crippen molar-refractivity contribution in [2.24, 2.45) is 0 Å². The minimum atomic E-state index is -0.369. The first-order chi connectivity index (χ1) is 12.1. The number of halogens is 1. The van der Waals surface area contributed by atoms with E-state index in [1.165, 1.54) is 6.33 Å². The number of benzene rings is 2. The van der Waals surface area contributed by atoms with Crippen molar-refractivity contribution in [3.05, 3.63) is 77.2 Å². The maximum absolute atomic E-state index is 12.3. The number of nitrogens with zero attached hydrogens (tertiary/aromatic N) is 3. The molecule has 0 aliphatic carbocycles. The zero-order chi connectivity index (χ0) is 17.6. The minimum Gasteiger partial charge on any atom is -0.340 e. The Kier molecular flexibility index (Phi) is 4.88. The molecule has 1 heterocycles. The van der Waals surface area contributed by atoms with Gasteiger partial charge in [0.2, 0.25) is 0 Å². The zero-order valence-electron chi connectivity index (χ0n) is 12.9. The summed E-state index contributed by atoms with van der Waals surface area (Å²) in [5.74, 6) is 0.119. The normalized spacial score (nSPS) is 9.92. The summed E-state index contributed by atoms with van der Waals surface area (Å²) in [6.07, 6.45) is 1.31. The van der Waals surface area contributed by atoms with Crippen molar-refractivity contribution < 1.29 is 4.79 Å². The standard InChI is InChI=1S/C18H12ClN5O/c19-13-3-7-14(8-4-13)23-17-9-16(21-11-22-17)18(25)24-15-5-1-12(10-20)2-6-15/h1-9,11H,(H,24,25)(H,21,22,23). The molecular weight excluding hydrogens is 338 g/mol. The van der Waals surface area contributed by atoms with Crippen molar-refractivity contribution in [3.63, 3.8) is 0 Å². The van der Waals surface area contributed by atoms with Gasteiger partial charge in [-0.2, -0.15) is 5.26 Å². The van der Waals surface area contributed by atoms with Crippen LogP contribution in [0, 0.1) is 11.3 Å². The molecule has 0 unspecified atom stereocenters. The van der Waals surface area contributed by atoms with E-state index < -0.39 is 0 Å². The van der Waals surface area contributed by atoms with Gasteiger partial charge >= 0.3 is 0 Å². The first kappa shape index (κ1) is 16.4. The molecule has 2 N–H and O–H groups in total. The number of carbonyl (C=O) groups excluding carboxylic acids is 1. The summed E-state index contributed by atoms with van der Waals surface area (Å²) in [4.78, 5) is 20.4. The monoisotopic (exact) mass is 349 g/mol. The van der Waals surface area contributed by atoms with E-state index >= 15 is 0 Å². The molecule has 1 amide bonds. The minimum absolute atomic E-state index is 0.218. The highest BCUT2D eigenvalue weighted by Gasteiger charge is 2.09. The first-order valence-corrected chi connectivity index (χ1v) is 7.68. The van der Waals surface area contributed by atoms with E-state index in [0.29, 0.717) is 22.1 Å². The van der Waals surface area contributed by atoms with E-state index in [2.05, 4.69) is 20.6 Å². The van der Waals surface area contributed by atoms with Crippen LogP contribution >= 0.6 is 11.6 Å². The third-order valence-corrected chi connectivity index (χ3v) is 3.54. The van der Waals surface area contributed by atoms with Crippen LogP contribution in [-0.4, -0.2) is 15.9 Å². The lowest BCUT2D eigenvalue weighted by atomic mass is 10.2. The molecule has 0 fully saturated rings. The molecule has 6 nitrogen and oxygen atoms in total. The quantitative estimate of drug-likeness (QED) is 0.743. The van der Waals surface area contributed by atoms with Gasteiger partial charge in [0, 0.05) is 22.5 Å². The Balaban J connectivity index is 1.72. The fraction of sp³-hybridized carbons (Fsp3) is 0. The number of hydrogen-bond acceptors (Lipinski definition) is 5. The fourth-order valence-corrected chi connectivity index (χ4v) is 2.18. The predicted octanol–water partition coefficient (Wildman–Crippen LogP) is 4.00. The molecule has 0 spiro atoms. The van der Waals surface area contributed by atoms with E-state index in [1.807, 2.05) is 6.07 Å². The number of anilines is 3. The largest absolute Gasteiger partial charge is 0.340 e. The molecular formula is C18H12ClN5O. The Bertz CT molecular complexity index is 933. The summed E-state index contributed by atoms with van der Waals surface area (Å²) >= 11 is 5.85. The van der Waals surface area contributed by atoms with Crippen molar-refractivity contribution in [3.8, 4) is 6.07 Å². The summed E-state index contributed by atoms with van der Waals surface area (Å²) in [6, 6.07) is 17.3. The Labute approximate surface area is 149 Å². The molecule has 0 atom stereocenters. The molecule has 0 aliphatic rings. The Morgan fingerprint density at radius 2 is 1.68 bits per heavy atom. The average Bonchev–Trinajstić information content (AvgIpc) is 2.64. The van der Waals surface area contributed by atoms with Gasteiger partial charge in [-0.1, -0.05) is 11.6 Å². The molecule has 0 radical (unpaired) electrons. The molecule has 0 saturated carbocycles. The van der Waals surface area contributed by atoms with Crippen molar-refractivity contribution in [1.29, 1.82) is 5.26 Å². The molecule has 2 aromatic carbocycles. The topological polar surface area (TPSA) is 90.7 Å². The Morgan fingerprint density at radius 3 is 2.36 bits per heavy atom. The van der Waals surface area contributed by atoms with E-state index in [9.17, 15) is 4.79 Å². The second-order valence-corrected chi connectivity index (χ2v) is 5.50. The highest BCUT2D eigenvalue weighted by molar-refractivity contribution is 6.30. The molecule has 1 aromatic heterocycles. The molecule has 0 aliphatic heterocycles. The maximum Gasteiger partial charge on any atom is 0.274 e. The highest BCUT2D eigenvalue weighted by Crippen LogP contribution is 2.18. The number of nitriles is 1. The van der Waals surface area contributed by atoms with Crippen LogP contribution in [0.25, 0.3) is 0 Å². The molecule has 0 bridgehead atoms. The third-order valence-electron chi connectivity index (χ3n) is 3.29. The van der Waals surface area contributed by atoms with Crippen molar-refractivity contribution in [1.82, 2.24) is 9.97 Å². The van der Waals surface area contributed by atoms with Gasteiger partial charge in [-0.3, -0.25) is 4.79 Å². The summed E-state index contributed by atoms with van der Waals surface area (Å²) in [7, 11) is 0. The summed E-state index contributed by atoms with van der Waals surface area (Å²) in [5, 5.41) is 15.2. The fourth-order valence-electron chi connectivity index (χ4n) is 2.05. The van der Waals surface area contributed by atoms with Crippen LogP contribution in [0.5, 0.6) is 0 Å². The van der Waals surface area contributed by atoms with Gasteiger partial charge in [-0.15, -0.1) is 0 Å². The Hall–Kier alpha value is -3.43. The van der Waals surface area contributed by atoms with Crippen molar-refractivity contribution >= 4 is 34.7 Å². The summed E-state index contributed by atoms with van der Waals surface area (Å²) in [5.41, 5.74) is 2.11. The number of aromatic nitrogens is 2. The number of nitrogens with one attached hydrogen (secondary N) is 2. The van der Waals surface area contributed by atoms with Crippen LogP contribution in [0.3, 0.4) is 0 Å². The molecule has 25 heavy (non-hydrogen) atoms. The van der Waals surface area contributed by atoms with E-state index in [1.54, 1.807) is 54.6 Å². The van der Waals surface area contributed by atoms with E-state index in [4.69, 9.17) is 16.9 Å². The van der Waals surface area contributed by atoms with Crippen LogP contribution in [0.2, 0.25) is 5.02 Å². The average molecular weight is 350 g/mol. The molecule has 3 aromatic rings. The van der Waals surface area contributed by atoms with Crippen LogP contribution in [0.15, 0.2) is 60.9 Å². The number of amides is 1. The summed E-state index contributed by atoms with van der Waals surface area (Å²) in [6.45, 7) is 0. The van der Waals surface area contributed by atoms with Gasteiger partial charge in [0.1, 0.15) is 17.8 Å². The lowest BCUT2D eigenvalue weighted by Crippen LogP contribution is -2.14. The SMILES string of the molecule is N#Cc1ccc(NC(=O)c2cc(Nc3ccc(Cl)cc3)ncn2)cc1. The molecule has 7 heteroatoms. The van der Waals surface area contributed by atoms with Crippen molar-refractivity contribution in [2.45, 2.75) is 0 Å². The molecule has 122 valence electrons. The van der Waals surface area contributed by atoms with Crippen LogP contribution < -0.4 is 10.6 Å². The van der Waals surface area contributed by atoms with Crippen LogP contribution in [0.4, 0.5) is 17.2 Å². The number of hydrogen-bond donors (Lipinski definition) is 2. The zero-order valence-corrected chi connectivity index (χ0v) is 13.7. The lowest BCUT2D eigenvalue weighted by Gasteiger charge is -2.08. The lowest BCUT2D eigenvalue weighted by molar-refractivity contribution is 0.102. The maximum atomic E-state index is 12.3. The van der Waals surface area contributed by atoms with Gasteiger partial charge in [-0.25, -0.2) is 9.97 Å². The van der Waals surface area contributed by atoms with Gasteiger partial charge in [0.05, 0.1) is 11.6 Å². The Morgan fingerprint density at radius 1 is 1.00 bits per heavy atom. The van der Waals surface area contributed by atoms with E-state index in [-0.39, 0.29) is 11.6 Å². The number of carbonyl (C=O) groups is 1. The van der Waals surface area contributed by atoms with Gasteiger partial charge in [-0.05, 0) is 48.5 Å². The molecule has 3 rings (SSSR count). The van der Waals surface area contributed by atoms with Gasteiger partial charge in [0.15, 0.2) is 0 Å². The highest BCUT2D eigenvalue weighted by atomic mass is 35.5.